The molecule has 2 N–H and O–H groups in total. The predicted molar refractivity (Wildman–Crippen MR) is 74.4 cm³/mol. The van der Waals surface area contributed by atoms with Crippen molar-refractivity contribution in [3.05, 3.63) is 64.2 Å². The number of carboxylic acids is 1. The molecule has 2 aromatic rings. The van der Waals surface area contributed by atoms with Crippen LogP contribution in [0.4, 0.5) is 0 Å². The second kappa shape index (κ2) is 5.17. The van der Waals surface area contributed by atoms with Crippen LogP contribution in [0, 0.1) is 13.8 Å². The van der Waals surface area contributed by atoms with Gasteiger partial charge in [-0.1, -0.05) is 29.8 Å². The van der Waals surface area contributed by atoms with E-state index in [1.165, 1.54) is 19.1 Å². The monoisotopic (exact) mass is 270 g/mol. The van der Waals surface area contributed by atoms with E-state index in [-0.39, 0.29) is 28.2 Å². The highest BCUT2D eigenvalue weighted by atomic mass is 16.4. The minimum absolute atomic E-state index is 0.233. The van der Waals surface area contributed by atoms with Crippen LogP contribution >= 0.6 is 0 Å². The molecule has 0 aromatic heterocycles. The van der Waals surface area contributed by atoms with Gasteiger partial charge in [-0.2, -0.15) is 0 Å². The number of rotatable bonds is 3. The maximum atomic E-state index is 12.4. The third kappa shape index (κ3) is 2.40. The molecule has 2 aromatic carbocycles. The van der Waals surface area contributed by atoms with E-state index in [0.717, 1.165) is 5.56 Å². The highest BCUT2D eigenvalue weighted by Gasteiger charge is 2.20. The number of aromatic carboxylic acids is 1. The summed E-state index contributed by atoms with van der Waals surface area (Å²) in [5, 5.41) is 18.7. The number of carbonyl (C=O) groups excluding carboxylic acids is 1. The molecule has 0 heterocycles. The van der Waals surface area contributed by atoms with Crippen LogP contribution in [0.25, 0.3) is 0 Å². The summed E-state index contributed by atoms with van der Waals surface area (Å²) in [6.07, 6.45) is 0. The number of hydrogen-bond acceptors (Lipinski definition) is 3. The smallest absolute Gasteiger partial charge is 0.339 e. The van der Waals surface area contributed by atoms with E-state index in [2.05, 4.69) is 0 Å². The Morgan fingerprint density at radius 2 is 1.55 bits per heavy atom. The predicted octanol–water partition coefficient (Wildman–Crippen LogP) is 2.94. The van der Waals surface area contributed by atoms with Gasteiger partial charge >= 0.3 is 5.97 Å². The summed E-state index contributed by atoms with van der Waals surface area (Å²) < 4.78 is 0. The summed E-state index contributed by atoms with van der Waals surface area (Å²) >= 11 is 0. The Morgan fingerprint density at radius 1 is 0.950 bits per heavy atom. The summed E-state index contributed by atoms with van der Waals surface area (Å²) in [5.74, 6) is -1.85. The van der Waals surface area contributed by atoms with E-state index in [1.54, 1.807) is 12.1 Å². The molecule has 0 radical (unpaired) electrons. The molecule has 4 nitrogen and oxygen atoms in total. The fourth-order valence-electron chi connectivity index (χ4n) is 2.07. The van der Waals surface area contributed by atoms with Gasteiger partial charge in [-0.15, -0.1) is 0 Å². The molecule has 0 saturated heterocycles. The Kier molecular flexibility index (Phi) is 3.57. The van der Waals surface area contributed by atoms with E-state index in [1.807, 2.05) is 19.1 Å². The van der Waals surface area contributed by atoms with Gasteiger partial charge in [0.25, 0.3) is 0 Å². The molecule has 2 rings (SSSR count). The van der Waals surface area contributed by atoms with Crippen molar-refractivity contribution in [2.24, 2.45) is 0 Å². The van der Waals surface area contributed by atoms with Gasteiger partial charge < -0.3 is 10.2 Å². The molecule has 0 aliphatic rings. The average molecular weight is 270 g/mol. The summed E-state index contributed by atoms with van der Waals surface area (Å²) in [6.45, 7) is 3.44. The Labute approximate surface area is 116 Å². The van der Waals surface area contributed by atoms with Crippen LogP contribution in [0.5, 0.6) is 5.75 Å². The number of benzene rings is 2. The van der Waals surface area contributed by atoms with Gasteiger partial charge in [0.2, 0.25) is 0 Å². The van der Waals surface area contributed by atoms with Crippen LogP contribution < -0.4 is 0 Å². The van der Waals surface area contributed by atoms with Crippen molar-refractivity contribution in [1.29, 1.82) is 0 Å². The summed E-state index contributed by atoms with van der Waals surface area (Å²) in [6, 6.07) is 9.72. The van der Waals surface area contributed by atoms with E-state index in [0.29, 0.717) is 5.56 Å². The maximum Gasteiger partial charge on any atom is 0.339 e. The number of phenols is 1. The van der Waals surface area contributed by atoms with E-state index < -0.39 is 5.97 Å². The molecule has 0 spiro atoms. The SMILES string of the molecule is Cc1ccc(C(=O)c2ccc(O)c(C(=O)O)c2C)cc1. The fourth-order valence-corrected chi connectivity index (χ4v) is 2.07. The van der Waals surface area contributed by atoms with Crippen LogP contribution in [-0.4, -0.2) is 22.0 Å². The topological polar surface area (TPSA) is 74.6 Å². The van der Waals surface area contributed by atoms with Crippen molar-refractivity contribution in [3.8, 4) is 5.75 Å². The van der Waals surface area contributed by atoms with Gasteiger partial charge in [0.15, 0.2) is 5.78 Å². The Hall–Kier alpha value is -2.62. The number of carbonyl (C=O) groups is 2. The van der Waals surface area contributed by atoms with Crippen molar-refractivity contribution in [2.75, 3.05) is 0 Å². The molecule has 20 heavy (non-hydrogen) atoms. The lowest BCUT2D eigenvalue weighted by atomic mass is 9.94. The number of carboxylic acid groups (broad SMARTS) is 1. The molecule has 4 heteroatoms. The van der Waals surface area contributed by atoms with Crippen LogP contribution in [-0.2, 0) is 0 Å². The lowest BCUT2D eigenvalue weighted by molar-refractivity contribution is 0.0693. The molecule has 102 valence electrons. The highest BCUT2D eigenvalue weighted by molar-refractivity contribution is 6.11. The van der Waals surface area contributed by atoms with Gasteiger partial charge in [-0.3, -0.25) is 4.79 Å². The lowest BCUT2D eigenvalue weighted by Crippen LogP contribution is -2.09. The third-order valence-corrected chi connectivity index (χ3v) is 3.22. The quantitative estimate of drug-likeness (QED) is 0.841. The van der Waals surface area contributed by atoms with Gasteiger partial charge in [0.05, 0.1) is 0 Å². The maximum absolute atomic E-state index is 12.4. The normalized spacial score (nSPS) is 10.3. The number of ketones is 1. The van der Waals surface area contributed by atoms with Crippen molar-refractivity contribution >= 4 is 11.8 Å². The van der Waals surface area contributed by atoms with Gasteiger partial charge in [-0.05, 0) is 31.5 Å². The van der Waals surface area contributed by atoms with E-state index >= 15 is 0 Å². The fraction of sp³-hybridized carbons (Fsp3) is 0.125. The second-order valence-corrected chi connectivity index (χ2v) is 4.63. The zero-order valence-corrected chi connectivity index (χ0v) is 11.2. The number of hydrogen-bond donors (Lipinski definition) is 2. The molecule has 0 amide bonds. The molecule has 0 aliphatic heterocycles. The zero-order valence-electron chi connectivity index (χ0n) is 11.2. The summed E-state index contributed by atoms with van der Waals surface area (Å²) in [5.41, 5.74) is 1.84. The largest absolute Gasteiger partial charge is 0.507 e. The van der Waals surface area contributed by atoms with Crippen LogP contribution in [0.15, 0.2) is 36.4 Å². The first kappa shape index (κ1) is 13.8. The lowest BCUT2D eigenvalue weighted by Gasteiger charge is -2.10. The van der Waals surface area contributed by atoms with Crippen molar-refractivity contribution in [2.45, 2.75) is 13.8 Å². The van der Waals surface area contributed by atoms with Gasteiger partial charge in [0.1, 0.15) is 11.3 Å². The second-order valence-electron chi connectivity index (χ2n) is 4.63. The zero-order chi connectivity index (χ0) is 14.9. The molecular formula is C16H14O4. The molecule has 0 atom stereocenters. The third-order valence-electron chi connectivity index (χ3n) is 3.22. The van der Waals surface area contributed by atoms with E-state index in [4.69, 9.17) is 5.11 Å². The van der Waals surface area contributed by atoms with Crippen LogP contribution in [0.1, 0.15) is 37.4 Å². The Bertz CT molecular complexity index is 684. The van der Waals surface area contributed by atoms with Crippen molar-refractivity contribution in [1.82, 2.24) is 0 Å². The number of aryl methyl sites for hydroxylation is 1. The molecule has 0 bridgehead atoms. The van der Waals surface area contributed by atoms with Gasteiger partial charge in [-0.25, -0.2) is 4.79 Å². The first-order valence-corrected chi connectivity index (χ1v) is 6.09. The first-order valence-electron chi connectivity index (χ1n) is 6.09. The molecule has 0 saturated carbocycles. The molecule has 0 aliphatic carbocycles. The minimum Gasteiger partial charge on any atom is -0.507 e. The first-order chi connectivity index (χ1) is 9.41. The minimum atomic E-state index is -1.25. The average Bonchev–Trinajstić information content (AvgIpc) is 2.38. The van der Waals surface area contributed by atoms with Crippen molar-refractivity contribution < 1.29 is 19.8 Å². The summed E-state index contributed by atoms with van der Waals surface area (Å²) in [4.78, 5) is 23.5. The Morgan fingerprint density at radius 3 is 2.10 bits per heavy atom. The molecule has 0 fully saturated rings. The molecular weight excluding hydrogens is 256 g/mol. The van der Waals surface area contributed by atoms with E-state index in [9.17, 15) is 14.7 Å². The van der Waals surface area contributed by atoms with Crippen LogP contribution in [0.2, 0.25) is 0 Å². The van der Waals surface area contributed by atoms with Gasteiger partial charge in [0, 0.05) is 11.1 Å². The number of aromatic hydroxyl groups is 1. The van der Waals surface area contributed by atoms with Crippen LogP contribution in [0.3, 0.4) is 0 Å². The Balaban J connectivity index is 2.53. The molecule has 0 unspecified atom stereocenters. The highest BCUT2D eigenvalue weighted by Crippen LogP contribution is 2.25. The standard InChI is InChI=1S/C16H14O4/c1-9-3-5-11(6-4-9)15(18)12-7-8-13(17)14(10(12)2)16(19)20/h3-8,17H,1-2H3,(H,19,20). The van der Waals surface area contributed by atoms with Crippen molar-refractivity contribution in [3.63, 3.8) is 0 Å². The summed E-state index contributed by atoms with van der Waals surface area (Å²) in [7, 11) is 0.